The molecular formula is C10H13N3O3. The van der Waals surface area contributed by atoms with Gasteiger partial charge in [-0.05, 0) is 17.7 Å². The molecule has 16 heavy (non-hydrogen) atoms. The largest absolute Gasteiger partial charge is 0.480 e. The molecule has 1 aromatic carbocycles. The van der Waals surface area contributed by atoms with Crippen molar-refractivity contribution in [2.45, 2.75) is 6.04 Å². The third-order valence-corrected chi connectivity index (χ3v) is 2.02. The summed E-state index contributed by atoms with van der Waals surface area (Å²) >= 11 is 0. The number of carbonyl (C=O) groups excluding carboxylic acids is 1. The minimum atomic E-state index is -0.946. The standard InChI is InChI=1S/C10H13N3O3/c11-9(10(12)16)6-1-3-7(4-2-6)13-5-8(14)15/h1-4,9,13H,5,11H2,(H2,12,16)(H,14,15). The van der Waals surface area contributed by atoms with Gasteiger partial charge in [-0.3, -0.25) is 9.59 Å². The maximum atomic E-state index is 10.8. The van der Waals surface area contributed by atoms with E-state index in [1.807, 2.05) is 0 Å². The first-order valence-corrected chi connectivity index (χ1v) is 4.61. The molecule has 1 rings (SSSR count). The normalized spacial score (nSPS) is 11.8. The molecule has 0 bridgehead atoms. The first-order valence-electron chi connectivity index (χ1n) is 4.61. The predicted molar refractivity (Wildman–Crippen MR) is 58.7 cm³/mol. The van der Waals surface area contributed by atoms with Crippen molar-refractivity contribution < 1.29 is 14.7 Å². The average Bonchev–Trinajstić information content (AvgIpc) is 2.26. The smallest absolute Gasteiger partial charge is 0.322 e. The van der Waals surface area contributed by atoms with Crippen LogP contribution in [0.15, 0.2) is 24.3 Å². The van der Waals surface area contributed by atoms with E-state index in [0.717, 1.165) is 0 Å². The van der Waals surface area contributed by atoms with Crippen molar-refractivity contribution in [3.63, 3.8) is 0 Å². The zero-order valence-electron chi connectivity index (χ0n) is 8.51. The topological polar surface area (TPSA) is 118 Å². The highest BCUT2D eigenvalue weighted by molar-refractivity contribution is 5.81. The molecule has 1 unspecified atom stereocenters. The van der Waals surface area contributed by atoms with Gasteiger partial charge in [-0.15, -0.1) is 0 Å². The lowest BCUT2D eigenvalue weighted by atomic mass is 10.1. The van der Waals surface area contributed by atoms with Crippen LogP contribution in [0.25, 0.3) is 0 Å². The summed E-state index contributed by atoms with van der Waals surface area (Å²) in [6.07, 6.45) is 0. The number of anilines is 1. The Labute approximate surface area is 92.2 Å². The van der Waals surface area contributed by atoms with Crippen LogP contribution in [0, 0.1) is 0 Å². The predicted octanol–water partition coefficient (Wildman–Crippen LogP) is -0.332. The van der Waals surface area contributed by atoms with Gasteiger partial charge in [0.2, 0.25) is 5.91 Å². The molecule has 6 heteroatoms. The van der Waals surface area contributed by atoms with E-state index in [1.165, 1.54) is 0 Å². The molecule has 0 heterocycles. The van der Waals surface area contributed by atoms with Crippen molar-refractivity contribution in [3.8, 4) is 0 Å². The molecule has 0 aliphatic heterocycles. The Hall–Kier alpha value is -2.08. The molecule has 1 amide bonds. The van der Waals surface area contributed by atoms with Crippen LogP contribution < -0.4 is 16.8 Å². The highest BCUT2D eigenvalue weighted by Gasteiger charge is 2.11. The van der Waals surface area contributed by atoms with Gasteiger partial charge in [-0.1, -0.05) is 12.1 Å². The summed E-state index contributed by atoms with van der Waals surface area (Å²) in [5, 5.41) is 11.1. The number of carboxylic acid groups (broad SMARTS) is 1. The Balaban J connectivity index is 2.67. The summed E-state index contributed by atoms with van der Waals surface area (Å²) in [7, 11) is 0. The summed E-state index contributed by atoms with van der Waals surface area (Å²) in [4.78, 5) is 21.1. The lowest BCUT2D eigenvalue weighted by Crippen LogP contribution is -2.28. The number of carbonyl (C=O) groups is 2. The molecule has 1 atom stereocenters. The first-order chi connectivity index (χ1) is 7.50. The number of nitrogens with two attached hydrogens (primary N) is 2. The van der Waals surface area contributed by atoms with E-state index >= 15 is 0 Å². The lowest BCUT2D eigenvalue weighted by molar-refractivity contribution is -0.135. The van der Waals surface area contributed by atoms with Gasteiger partial charge < -0.3 is 21.9 Å². The Morgan fingerprint density at radius 2 is 1.88 bits per heavy atom. The Bertz CT molecular complexity index is 389. The summed E-state index contributed by atoms with van der Waals surface area (Å²) in [5.41, 5.74) is 11.8. The molecule has 0 fully saturated rings. The van der Waals surface area contributed by atoms with E-state index in [9.17, 15) is 9.59 Å². The molecule has 6 N–H and O–H groups in total. The number of aliphatic carboxylic acids is 1. The second-order valence-corrected chi connectivity index (χ2v) is 3.25. The molecule has 0 radical (unpaired) electrons. The van der Waals surface area contributed by atoms with E-state index in [-0.39, 0.29) is 6.54 Å². The van der Waals surface area contributed by atoms with E-state index in [0.29, 0.717) is 11.3 Å². The van der Waals surface area contributed by atoms with Gasteiger partial charge in [0, 0.05) is 5.69 Å². The van der Waals surface area contributed by atoms with Gasteiger partial charge in [0.05, 0.1) is 0 Å². The Morgan fingerprint density at radius 1 is 1.31 bits per heavy atom. The van der Waals surface area contributed by atoms with Gasteiger partial charge in [0.25, 0.3) is 0 Å². The van der Waals surface area contributed by atoms with Crippen molar-refractivity contribution in [3.05, 3.63) is 29.8 Å². The molecule has 86 valence electrons. The first kappa shape index (κ1) is 12.0. The summed E-state index contributed by atoms with van der Waals surface area (Å²) < 4.78 is 0. The zero-order valence-corrected chi connectivity index (χ0v) is 8.51. The van der Waals surface area contributed by atoms with Crippen molar-refractivity contribution in [1.29, 1.82) is 0 Å². The fraction of sp³-hybridized carbons (Fsp3) is 0.200. The number of amides is 1. The van der Waals surface area contributed by atoms with Crippen LogP contribution in [0.4, 0.5) is 5.69 Å². The minimum Gasteiger partial charge on any atom is -0.480 e. The number of benzene rings is 1. The fourth-order valence-electron chi connectivity index (χ4n) is 1.15. The molecule has 1 aromatic rings. The van der Waals surface area contributed by atoms with Crippen molar-refractivity contribution >= 4 is 17.6 Å². The monoisotopic (exact) mass is 223 g/mol. The average molecular weight is 223 g/mol. The van der Waals surface area contributed by atoms with Crippen molar-refractivity contribution in [2.24, 2.45) is 11.5 Å². The third kappa shape index (κ3) is 3.25. The number of primary amides is 1. The van der Waals surface area contributed by atoms with Crippen LogP contribution in [-0.2, 0) is 9.59 Å². The molecule has 0 spiro atoms. The number of hydrogen-bond acceptors (Lipinski definition) is 4. The van der Waals surface area contributed by atoms with Crippen LogP contribution in [-0.4, -0.2) is 23.5 Å². The fourth-order valence-corrected chi connectivity index (χ4v) is 1.15. The summed E-state index contributed by atoms with van der Waals surface area (Å²) in [6, 6.07) is 5.69. The SMILES string of the molecule is NC(=O)C(N)c1ccc(NCC(=O)O)cc1. The van der Waals surface area contributed by atoms with Crippen molar-refractivity contribution in [2.75, 3.05) is 11.9 Å². The van der Waals surface area contributed by atoms with E-state index in [4.69, 9.17) is 16.6 Å². The van der Waals surface area contributed by atoms with Gasteiger partial charge in [-0.25, -0.2) is 0 Å². The van der Waals surface area contributed by atoms with Crippen LogP contribution >= 0.6 is 0 Å². The number of carboxylic acids is 1. The summed E-state index contributed by atoms with van der Waals surface area (Å²) in [6.45, 7) is -0.165. The third-order valence-electron chi connectivity index (χ3n) is 2.02. The Kier molecular flexibility index (Phi) is 3.84. The molecule has 0 aliphatic rings. The van der Waals surface area contributed by atoms with Crippen LogP contribution in [0.5, 0.6) is 0 Å². The number of rotatable bonds is 5. The van der Waals surface area contributed by atoms with Gasteiger partial charge in [0.1, 0.15) is 12.6 Å². The van der Waals surface area contributed by atoms with Crippen LogP contribution in [0.2, 0.25) is 0 Å². The Morgan fingerprint density at radius 3 is 2.31 bits per heavy atom. The molecule has 0 aliphatic carbocycles. The second kappa shape index (κ2) is 5.13. The second-order valence-electron chi connectivity index (χ2n) is 3.25. The minimum absolute atomic E-state index is 0.165. The zero-order chi connectivity index (χ0) is 12.1. The quantitative estimate of drug-likeness (QED) is 0.545. The van der Waals surface area contributed by atoms with Crippen LogP contribution in [0.3, 0.4) is 0 Å². The van der Waals surface area contributed by atoms with Crippen LogP contribution in [0.1, 0.15) is 11.6 Å². The van der Waals surface area contributed by atoms with Gasteiger partial charge in [0.15, 0.2) is 0 Å². The van der Waals surface area contributed by atoms with Gasteiger partial charge in [-0.2, -0.15) is 0 Å². The maximum Gasteiger partial charge on any atom is 0.322 e. The molecule has 0 saturated heterocycles. The van der Waals surface area contributed by atoms with Crippen molar-refractivity contribution in [1.82, 2.24) is 0 Å². The lowest BCUT2D eigenvalue weighted by Gasteiger charge is -2.09. The maximum absolute atomic E-state index is 10.8. The van der Waals surface area contributed by atoms with Gasteiger partial charge >= 0.3 is 5.97 Å². The highest BCUT2D eigenvalue weighted by Crippen LogP contribution is 2.14. The molecular weight excluding hydrogens is 210 g/mol. The molecule has 0 aromatic heterocycles. The molecule has 0 saturated carbocycles. The number of hydrogen-bond donors (Lipinski definition) is 4. The van der Waals surface area contributed by atoms with E-state index in [2.05, 4.69) is 5.32 Å². The van der Waals surface area contributed by atoms with E-state index < -0.39 is 17.9 Å². The molecule has 6 nitrogen and oxygen atoms in total. The highest BCUT2D eigenvalue weighted by atomic mass is 16.4. The summed E-state index contributed by atoms with van der Waals surface area (Å²) in [5.74, 6) is -1.55. The van der Waals surface area contributed by atoms with E-state index in [1.54, 1.807) is 24.3 Å². The number of nitrogens with one attached hydrogen (secondary N) is 1.